The molecule has 396 valence electrons. The molecule has 8 N–H and O–H groups in total. The van der Waals surface area contributed by atoms with Gasteiger partial charge in [0.05, 0.1) is 35.2 Å². The number of nitrogens with zero attached hydrogens (tertiary/aromatic N) is 1. The number of aromatic hydroxyl groups is 1. The van der Waals surface area contributed by atoms with E-state index >= 15 is 0 Å². The standard InChI is InChI=1S/C64H78N4O7/c1-2-3-4-13-43(60(73)46-28-38-15-14-37-11-5-6-12-41(37)45(38)30-54(46)72)52(70)20-16-39-29-56-55(31-53(39)71)74-27-26-63(22-7-8-23-63)49-19-21-51(69)42-17-18-44-57-40(33-67-61(44)65)32-64(24-9-10-25-64)59(58(42)57)47-34-66-50-36-68(35-48(47)50)62(49)75-56/h17-18,28-29,31,34-37,40-41,43,45-46,49,51,54,59-62,66-67,69,71-73H,2-16,20,22-25,30,32-33,65H2,1H3. The Labute approximate surface area is 442 Å². The van der Waals surface area contributed by atoms with Gasteiger partial charge in [0.25, 0.3) is 0 Å². The van der Waals surface area contributed by atoms with Crippen LogP contribution in [0.15, 0.2) is 54.5 Å². The number of hydrogen-bond acceptors (Lipinski definition) is 9. The third kappa shape index (κ3) is 8.49. The molecule has 13 unspecified atom stereocenters. The van der Waals surface area contributed by atoms with Crippen LogP contribution in [0, 0.1) is 70.2 Å². The normalized spacial score (nSPS) is 32.3. The number of fused-ring (bicyclic) bond motifs is 10. The van der Waals surface area contributed by atoms with Crippen LogP contribution in [0.2, 0.25) is 0 Å². The van der Waals surface area contributed by atoms with Gasteiger partial charge in [-0.05, 0) is 139 Å². The number of carbonyl (C=O) groups is 1. The van der Waals surface area contributed by atoms with Crippen LogP contribution < -0.4 is 20.5 Å². The number of Topliss-reactive ketones (excluding diaryl/α,β-unsaturated/α-hetero) is 1. The number of rotatable bonds is 10. The molecule has 4 saturated carbocycles. The van der Waals surface area contributed by atoms with Gasteiger partial charge in [0.1, 0.15) is 23.7 Å². The number of aromatic nitrogens is 2. The predicted molar refractivity (Wildman–Crippen MR) is 288 cm³/mol. The number of unbranched alkanes of at least 4 members (excludes halogenated alkanes) is 2. The van der Waals surface area contributed by atoms with E-state index in [1.165, 1.54) is 67.2 Å². The van der Waals surface area contributed by atoms with Crippen LogP contribution in [-0.4, -0.2) is 54.5 Å². The summed E-state index contributed by atoms with van der Waals surface area (Å²) in [6.45, 7) is 2.96. The fourth-order valence-electron chi connectivity index (χ4n) is 17.3. The molecule has 5 heterocycles. The number of benzene rings is 2. The van der Waals surface area contributed by atoms with Crippen molar-refractivity contribution in [3.8, 4) is 41.1 Å². The zero-order chi connectivity index (χ0) is 51.2. The van der Waals surface area contributed by atoms with Gasteiger partial charge in [-0.2, -0.15) is 0 Å². The SMILES string of the molecule is CCCCCC(C(=O)CCc1cc2c(cc1O)OC#CC1(CCCC1)C1C#CC(O)c3ccc4c5c3C(c3c[nH]c6cn(cc36)C1O2)C1(CCCC1)CC5CNC4N)C(O)C1C=C2CCC3CCCCC3C2CC1O. The molecule has 11 heteroatoms. The molecular weight excluding hydrogens is 937 g/mol. The minimum atomic E-state index is -1.07. The monoisotopic (exact) mass is 1010 g/mol. The summed E-state index contributed by atoms with van der Waals surface area (Å²) in [5.74, 6) is 11.7. The summed E-state index contributed by atoms with van der Waals surface area (Å²) < 4.78 is 15.7. The molecule has 2 spiro atoms. The first-order valence-corrected chi connectivity index (χ1v) is 29.4. The first-order valence-electron chi connectivity index (χ1n) is 29.4. The molecule has 3 aliphatic heterocycles. The van der Waals surface area contributed by atoms with Crippen LogP contribution in [0.5, 0.6) is 17.2 Å². The second-order valence-electron chi connectivity index (χ2n) is 25.0. The lowest BCUT2D eigenvalue weighted by atomic mass is 9.55. The third-order valence-electron chi connectivity index (χ3n) is 21.0. The number of aryl methyl sites for hydroxylation is 1. The quantitative estimate of drug-likeness (QED) is 0.0463. The number of phenolic OH excluding ortho intramolecular Hbond substituents is 1. The first kappa shape index (κ1) is 49.6. The van der Waals surface area contributed by atoms with Gasteiger partial charge in [0, 0.05) is 60.8 Å². The lowest BCUT2D eigenvalue weighted by Crippen LogP contribution is -2.45. The van der Waals surface area contributed by atoms with Crippen LogP contribution in [0.25, 0.3) is 10.9 Å². The van der Waals surface area contributed by atoms with Crippen molar-refractivity contribution in [2.24, 2.45) is 52.1 Å². The van der Waals surface area contributed by atoms with Crippen molar-refractivity contribution >= 4 is 16.7 Å². The molecule has 13 atom stereocenters. The lowest BCUT2D eigenvalue weighted by Gasteiger charge is -2.50. The number of nitrogens with one attached hydrogen (secondary N) is 2. The summed E-state index contributed by atoms with van der Waals surface area (Å²) in [7, 11) is 0. The number of aromatic amines is 1. The first-order chi connectivity index (χ1) is 36.5. The molecule has 13 rings (SSSR count). The van der Waals surface area contributed by atoms with Crippen LogP contribution in [0.1, 0.15) is 205 Å². The number of aliphatic hydroxyl groups excluding tert-OH is 3. The Morgan fingerprint density at radius 1 is 0.947 bits per heavy atom. The predicted octanol–water partition coefficient (Wildman–Crippen LogP) is 11.2. The summed E-state index contributed by atoms with van der Waals surface area (Å²) in [6, 6.07) is 7.56. The van der Waals surface area contributed by atoms with E-state index < -0.39 is 47.7 Å². The number of phenols is 1. The van der Waals surface area contributed by atoms with Crippen LogP contribution in [0.3, 0.4) is 0 Å². The van der Waals surface area contributed by atoms with Crippen LogP contribution in [0.4, 0.5) is 0 Å². The van der Waals surface area contributed by atoms with Gasteiger partial charge >= 0.3 is 0 Å². The van der Waals surface area contributed by atoms with Crippen molar-refractivity contribution < 1.29 is 34.7 Å². The highest BCUT2D eigenvalue weighted by Gasteiger charge is 2.53. The van der Waals surface area contributed by atoms with Crippen molar-refractivity contribution in [1.29, 1.82) is 0 Å². The molecule has 2 aromatic carbocycles. The van der Waals surface area contributed by atoms with Gasteiger partial charge in [-0.1, -0.05) is 113 Å². The Morgan fingerprint density at radius 3 is 2.60 bits per heavy atom. The number of nitrogens with two attached hydrogens (primary N) is 1. The maximum atomic E-state index is 14.6. The molecule has 0 amide bonds. The highest BCUT2D eigenvalue weighted by Crippen LogP contribution is 2.64. The smallest absolute Gasteiger partial charge is 0.191 e. The molecule has 2 aromatic heterocycles. The molecule has 4 fully saturated rings. The number of carbonyl (C=O) groups excluding carboxylic acids is 1. The second kappa shape index (κ2) is 19.8. The summed E-state index contributed by atoms with van der Waals surface area (Å²) in [6.07, 6.45) is 28.8. The Morgan fingerprint density at radius 2 is 1.76 bits per heavy atom. The van der Waals surface area contributed by atoms with Gasteiger partial charge in [0.15, 0.2) is 17.7 Å². The Bertz CT molecular complexity index is 3000. The summed E-state index contributed by atoms with van der Waals surface area (Å²) >= 11 is 0. The molecule has 6 aliphatic carbocycles. The molecule has 11 nitrogen and oxygen atoms in total. The van der Waals surface area contributed by atoms with E-state index in [0.29, 0.717) is 41.9 Å². The zero-order valence-electron chi connectivity index (χ0n) is 43.9. The summed E-state index contributed by atoms with van der Waals surface area (Å²) in [5, 5.41) is 53.1. The van der Waals surface area contributed by atoms with E-state index in [-0.39, 0.29) is 47.6 Å². The van der Waals surface area contributed by atoms with E-state index in [1.807, 2.05) is 0 Å². The van der Waals surface area contributed by atoms with E-state index in [9.17, 15) is 25.2 Å². The second-order valence-corrected chi connectivity index (χ2v) is 25.0. The molecular formula is C64H78N4O7. The van der Waals surface area contributed by atoms with Gasteiger partial charge in [-0.3, -0.25) is 10.1 Å². The largest absolute Gasteiger partial charge is 0.508 e. The summed E-state index contributed by atoms with van der Waals surface area (Å²) in [5.41, 5.74) is 14.8. The molecule has 2 bridgehead atoms. The number of aliphatic hydroxyl groups is 3. The highest BCUT2D eigenvalue weighted by atomic mass is 16.5. The van der Waals surface area contributed by atoms with Crippen molar-refractivity contribution in [1.82, 2.24) is 14.9 Å². The van der Waals surface area contributed by atoms with Gasteiger partial charge in [0.2, 0.25) is 0 Å². The minimum absolute atomic E-state index is 0.0130. The fourth-order valence-corrected chi connectivity index (χ4v) is 17.3. The number of H-pyrrole nitrogens is 1. The average Bonchev–Trinajstić information content (AvgIpc) is 4.25. The Balaban J connectivity index is 0.847. The fraction of sp³-hybridized carbons (Fsp3) is 0.609. The van der Waals surface area contributed by atoms with E-state index in [1.54, 1.807) is 12.1 Å². The Hall–Kier alpha value is -5.01. The van der Waals surface area contributed by atoms with Crippen molar-refractivity contribution in [2.45, 2.75) is 191 Å². The van der Waals surface area contributed by atoms with E-state index in [4.69, 9.17) is 15.2 Å². The van der Waals surface area contributed by atoms with Crippen molar-refractivity contribution in [2.75, 3.05) is 6.54 Å². The molecule has 9 aliphatic rings. The Kier molecular flexibility index (Phi) is 13.1. The average molecular weight is 1020 g/mol. The highest BCUT2D eigenvalue weighted by molar-refractivity contribution is 5.85. The molecule has 4 aromatic rings. The molecule has 0 saturated heterocycles. The maximum Gasteiger partial charge on any atom is 0.191 e. The number of ketones is 1. The topological polar surface area (TPSA) is 175 Å². The van der Waals surface area contributed by atoms with Gasteiger partial charge in [-0.25, -0.2) is 0 Å². The molecule has 75 heavy (non-hydrogen) atoms. The third-order valence-corrected chi connectivity index (χ3v) is 21.0. The van der Waals surface area contributed by atoms with E-state index in [0.717, 1.165) is 105 Å². The van der Waals surface area contributed by atoms with Crippen molar-refractivity contribution in [3.63, 3.8) is 0 Å². The number of hydrogen-bond donors (Lipinski definition) is 7. The molecule has 0 radical (unpaired) electrons. The number of allylic oxidation sites excluding steroid dienone is 1. The van der Waals surface area contributed by atoms with E-state index in [2.05, 4.69) is 82.5 Å². The zero-order valence-corrected chi connectivity index (χ0v) is 43.9. The maximum absolute atomic E-state index is 14.6. The number of ether oxygens (including phenoxy) is 2. The summed E-state index contributed by atoms with van der Waals surface area (Å²) in [4.78, 5) is 18.3. The van der Waals surface area contributed by atoms with Gasteiger partial charge < -0.3 is 45.2 Å². The minimum Gasteiger partial charge on any atom is -0.508 e. The van der Waals surface area contributed by atoms with Gasteiger partial charge in [-0.15, -0.1) is 0 Å². The van der Waals surface area contributed by atoms with Crippen LogP contribution >= 0.6 is 0 Å². The van der Waals surface area contributed by atoms with Crippen LogP contribution in [-0.2, 0) is 11.2 Å². The van der Waals surface area contributed by atoms with Crippen molar-refractivity contribution in [3.05, 3.63) is 87.9 Å². The lowest BCUT2D eigenvalue weighted by molar-refractivity contribution is -0.129.